The Morgan fingerprint density at radius 3 is 2.80 bits per heavy atom. The van der Waals surface area contributed by atoms with Gasteiger partial charge in [-0.3, -0.25) is 4.79 Å². The van der Waals surface area contributed by atoms with Crippen molar-refractivity contribution in [1.29, 1.82) is 0 Å². The van der Waals surface area contributed by atoms with Gasteiger partial charge >= 0.3 is 0 Å². The molecule has 1 amide bonds. The number of likely N-dealkylation sites (tertiary alicyclic amines) is 1. The van der Waals surface area contributed by atoms with E-state index >= 15 is 0 Å². The number of aryl methyl sites for hydroxylation is 1. The number of anilines is 1. The van der Waals surface area contributed by atoms with Crippen LogP contribution in [0.3, 0.4) is 0 Å². The van der Waals surface area contributed by atoms with Crippen LogP contribution < -0.4 is 4.90 Å². The highest BCUT2D eigenvalue weighted by Crippen LogP contribution is 2.26. The normalized spacial score (nSPS) is 20.9. The molecule has 8 nitrogen and oxygen atoms in total. The van der Waals surface area contributed by atoms with Crippen LogP contribution in [0.15, 0.2) is 16.8 Å². The molecule has 2 aliphatic rings. The van der Waals surface area contributed by atoms with E-state index in [4.69, 9.17) is 4.52 Å². The molecule has 1 atom stereocenters. The maximum absolute atomic E-state index is 12.9. The van der Waals surface area contributed by atoms with Gasteiger partial charge in [-0.15, -0.1) is 0 Å². The van der Waals surface area contributed by atoms with E-state index < -0.39 is 0 Å². The zero-order chi connectivity index (χ0) is 17.2. The first-order valence-electron chi connectivity index (χ1n) is 8.88. The first-order valence-corrected chi connectivity index (χ1v) is 8.88. The zero-order valence-corrected chi connectivity index (χ0v) is 14.4. The van der Waals surface area contributed by atoms with E-state index in [1.165, 1.54) is 0 Å². The summed E-state index contributed by atoms with van der Waals surface area (Å²) >= 11 is 0. The van der Waals surface area contributed by atoms with Gasteiger partial charge in [0.05, 0.1) is 0 Å². The molecule has 2 saturated heterocycles. The highest BCUT2D eigenvalue weighted by molar-refractivity contribution is 5.92. The van der Waals surface area contributed by atoms with Crippen molar-refractivity contribution in [2.75, 3.05) is 31.1 Å². The first-order chi connectivity index (χ1) is 12.2. The number of hydrogen-bond donors (Lipinski definition) is 0. The Morgan fingerprint density at radius 1 is 1.20 bits per heavy atom. The summed E-state index contributed by atoms with van der Waals surface area (Å²) in [6.45, 7) is 5.03. The third-order valence-electron chi connectivity index (χ3n) is 4.87. The molecule has 8 heteroatoms. The molecule has 132 valence electrons. The molecule has 0 N–H and O–H groups in total. The van der Waals surface area contributed by atoms with E-state index in [0.717, 1.165) is 45.3 Å². The molecule has 4 rings (SSSR count). The number of amides is 1. The van der Waals surface area contributed by atoms with Crippen molar-refractivity contribution in [2.45, 2.75) is 38.5 Å². The standard InChI is InChI=1S/C17H22N6O2/c1-12-19-15(21-25-12)13-5-4-10-23(11-13)16(24)14-6-7-18-17(20-14)22-8-2-3-9-22/h6-7,13H,2-5,8-11H2,1H3. The molecule has 0 bridgehead atoms. The van der Waals surface area contributed by atoms with E-state index in [9.17, 15) is 4.79 Å². The second-order valence-electron chi connectivity index (χ2n) is 6.70. The average Bonchev–Trinajstić information content (AvgIpc) is 3.33. The van der Waals surface area contributed by atoms with Crippen LogP contribution in [0, 0.1) is 6.92 Å². The van der Waals surface area contributed by atoms with Gasteiger partial charge in [0.1, 0.15) is 5.69 Å². The monoisotopic (exact) mass is 342 g/mol. The van der Waals surface area contributed by atoms with E-state index in [1.807, 2.05) is 4.90 Å². The van der Waals surface area contributed by atoms with Crippen LogP contribution in [0.25, 0.3) is 0 Å². The molecule has 4 heterocycles. The number of aromatic nitrogens is 4. The van der Waals surface area contributed by atoms with Gasteiger partial charge in [-0.25, -0.2) is 9.97 Å². The number of rotatable bonds is 3. The first kappa shape index (κ1) is 16.0. The molecule has 0 aromatic carbocycles. The van der Waals surface area contributed by atoms with E-state index in [-0.39, 0.29) is 11.8 Å². The van der Waals surface area contributed by atoms with Gasteiger partial charge < -0.3 is 14.3 Å². The molecule has 2 aromatic heterocycles. The van der Waals surface area contributed by atoms with Gasteiger partial charge in [-0.2, -0.15) is 4.98 Å². The summed E-state index contributed by atoms with van der Waals surface area (Å²) in [7, 11) is 0. The quantitative estimate of drug-likeness (QED) is 0.840. The smallest absolute Gasteiger partial charge is 0.272 e. The molecule has 0 radical (unpaired) electrons. The predicted octanol–water partition coefficient (Wildman–Crippen LogP) is 1.79. The zero-order valence-electron chi connectivity index (χ0n) is 14.4. The SMILES string of the molecule is Cc1nc(C2CCCN(C(=O)c3ccnc(N4CCCC4)n3)C2)no1. The number of hydrogen-bond acceptors (Lipinski definition) is 7. The van der Waals surface area contributed by atoms with Gasteiger partial charge in [0.15, 0.2) is 5.82 Å². The predicted molar refractivity (Wildman–Crippen MR) is 90.4 cm³/mol. The van der Waals surface area contributed by atoms with Crippen LogP contribution in [-0.4, -0.2) is 57.1 Å². The second-order valence-corrected chi connectivity index (χ2v) is 6.70. The Hall–Kier alpha value is -2.51. The third kappa shape index (κ3) is 3.33. The van der Waals surface area contributed by atoms with Crippen LogP contribution in [-0.2, 0) is 0 Å². The van der Waals surface area contributed by atoms with Crippen LogP contribution in [0.2, 0.25) is 0 Å². The minimum atomic E-state index is -0.0484. The Kier molecular flexibility index (Phi) is 4.33. The largest absolute Gasteiger partial charge is 0.341 e. The molecular formula is C17H22N6O2. The van der Waals surface area contributed by atoms with Crippen LogP contribution >= 0.6 is 0 Å². The second kappa shape index (κ2) is 6.78. The highest BCUT2D eigenvalue weighted by Gasteiger charge is 2.29. The highest BCUT2D eigenvalue weighted by atomic mass is 16.5. The maximum Gasteiger partial charge on any atom is 0.272 e. The minimum Gasteiger partial charge on any atom is -0.341 e. The Morgan fingerprint density at radius 2 is 2.04 bits per heavy atom. The molecule has 1 unspecified atom stereocenters. The van der Waals surface area contributed by atoms with Crippen LogP contribution in [0.4, 0.5) is 5.95 Å². The van der Waals surface area contributed by atoms with Gasteiger partial charge in [-0.1, -0.05) is 5.16 Å². The van der Waals surface area contributed by atoms with Crippen LogP contribution in [0.5, 0.6) is 0 Å². The molecular weight excluding hydrogens is 320 g/mol. The van der Waals surface area contributed by atoms with Gasteiger partial charge in [0, 0.05) is 45.2 Å². The summed E-state index contributed by atoms with van der Waals surface area (Å²) in [5, 5.41) is 4.02. The Balaban J connectivity index is 1.49. The summed E-state index contributed by atoms with van der Waals surface area (Å²) in [4.78, 5) is 30.0. The number of piperidine rings is 1. The summed E-state index contributed by atoms with van der Waals surface area (Å²) in [6, 6.07) is 1.70. The van der Waals surface area contributed by atoms with Gasteiger partial charge in [0.2, 0.25) is 11.8 Å². The topological polar surface area (TPSA) is 88.3 Å². The van der Waals surface area contributed by atoms with Gasteiger partial charge in [-0.05, 0) is 31.7 Å². The number of carbonyl (C=O) groups is 1. The molecule has 0 saturated carbocycles. The fourth-order valence-corrected chi connectivity index (χ4v) is 3.55. The fraction of sp³-hybridized carbons (Fsp3) is 0.588. The summed E-state index contributed by atoms with van der Waals surface area (Å²) in [6.07, 6.45) is 5.87. The van der Waals surface area contributed by atoms with Crippen molar-refractivity contribution in [3.63, 3.8) is 0 Å². The number of carbonyl (C=O) groups excluding carboxylic acids is 1. The van der Waals surface area contributed by atoms with Crippen LogP contribution in [0.1, 0.15) is 53.8 Å². The average molecular weight is 342 g/mol. The summed E-state index contributed by atoms with van der Waals surface area (Å²) < 4.78 is 5.08. The van der Waals surface area contributed by atoms with Crippen molar-refractivity contribution < 1.29 is 9.32 Å². The van der Waals surface area contributed by atoms with Gasteiger partial charge in [0.25, 0.3) is 5.91 Å². The lowest BCUT2D eigenvalue weighted by Gasteiger charge is -2.31. The van der Waals surface area contributed by atoms with Crippen molar-refractivity contribution in [1.82, 2.24) is 25.0 Å². The molecule has 2 aliphatic heterocycles. The fourth-order valence-electron chi connectivity index (χ4n) is 3.55. The summed E-state index contributed by atoms with van der Waals surface area (Å²) in [5.74, 6) is 1.98. The molecule has 25 heavy (non-hydrogen) atoms. The third-order valence-corrected chi connectivity index (χ3v) is 4.87. The van der Waals surface area contributed by atoms with Crippen molar-refractivity contribution >= 4 is 11.9 Å². The van der Waals surface area contributed by atoms with E-state index in [1.54, 1.807) is 19.2 Å². The lowest BCUT2D eigenvalue weighted by Crippen LogP contribution is -2.40. The minimum absolute atomic E-state index is 0.0484. The van der Waals surface area contributed by atoms with E-state index in [2.05, 4.69) is 25.0 Å². The molecule has 2 aromatic rings. The molecule has 2 fully saturated rings. The molecule has 0 spiro atoms. The van der Waals surface area contributed by atoms with Crippen molar-refractivity contribution in [3.05, 3.63) is 29.7 Å². The van der Waals surface area contributed by atoms with E-state index in [0.29, 0.717) is 29.9 Å². The molecule has 0 aliphatic carbocycles. The summed E-state index contributed by atoms with van der Waals surface area (Å²) in [5.41, 5.74) is 0.460. The lowest BCUT2D eigenvalue weighted by atomic mass is 9.97. The Labute approximate surface area is 146 Å². The lowest BCUT2D eigenvalue weighted by molar-refractivity contribution is 0.0697. The van der Waals surface area contributed by atoms with Crippen molar-refractivity contribution in [2.24, 2.45) is 0 Å². The Bertz CT molecular complexity index is 755. The maximum atomic E-state index is 12.9. The van der Waals surface area contributed by atoms with Crippen molar-refractivity contribution in [3.8, 4) is 0 Å². The number of nitrogens with zero attached hydrogens (tertiary/aromatic N) is 6.